The summed E-state index contributed by atoms with van der Waals surface area (Å²) in [5.74, 6) is -0.214. The highest BCUT2D eigenvalue weighted by atomic mass is 28.4. The van der Waals surface area contributed by atoms with E-state index in [1.54, 1.807) is 20.3 Å². The summed E-state index contributed by atoms with van der Waals surface area (Å²) in [4.78, 5) is 11.2. The first-order valence-electron chi connectivity index (χ1n) is 13.5. The van der Waals surface area contributed by atoms with Gasteiger partial charge >= 0.3 is 14.5 Å². The van der Waals surface area contributed by atoms with E-state index < -0.39 is 8.56 Å². The number of allylic oxidation sites excluding steroid dienone is 1. The zero-order chi connectivity index (χ0) is 23.8. The number of hydrogen-bond acceptors (Lipinski definition) is 4. The van der Waals surface area contributed by atoms with Gasteiger partial charge in [-0.25, -0.2) is 4.79 Å². The van der Waals surface area contributed by atoms with Gasteiger partial charge in [0.05, 0.1) is 6.61 Å². The van der Waals surface area contributed by atoms with E-state index in [2.05, 4.69) is 6.55 Å². The van der Waals surface area contributed by atoms with Gasteiger partial charge in [-0.2, -0.15) is 0 Å². The number of esters is 1. The molecule has 0 aliphatic heterocycles. The van der Waals surface area contributed by atoms with Gasteiger partial charge in [-0.1, -0.05) is 115 Å². The van der Waals surface area contributed by atoms with Crippen LogP contribution < -0.4 is 0 Å². The van der Waals surface area contributed by atoms with Crippen molar-refractivity contribution in [1.82, 2.24) is 0 Å². The molecule has 0 saturated heterocycles. The van der Waals surface area contributed by atoms with Crippen molar-refractivity contribution in [2.45, 2.75) is 135 Å². The van der Waals surface area contributed by atoms with E-state index in [0.29, 0.717) is 6.61 Å². The minimum Gasteiger partial charge on any atom is -0.463 e. The Hall–Kier alpha value is -0.653. The molecule has 0 radical (unpaired) electrons. The SMILES string of the molecule is CC=CC(=O)OCCCCCCCCCCCCCCCCCCCC[Si](C)(OC)OC. The molecule has 0 aromatic heterocycles. The molecule has 0 rings (SSSR count). The van der Waals surface area contributed by atoms with Crippen LogP contribution in [-0.2, 0) is 18.4 Å². The largest absolute Gasteiger partial charge is 0.463 e. The third kappa shape index (κ3) is 21.2. The van der Waals surface area contributed by atoms with Crippen LogP contribution >= 0.6 is 0 Å². The van der Waals surface area contributed by atoms with Crippen molar-refractivity contribution in [3.05, 3.63) is 12.2 Å². The average molecular weight is 471 g/mol. The molecule has 0 aromatic carbocycles. The zero-order valence-corrected chi connectivity index (χ0v) is 22.9. The maximum atomic E-state index is 11.2. The van der Waals surface area contributed by atoms with Crippen molar-refractivity contribution >= 4 is 14.5 Å². The van der Waals surface area contributed by atoms with Gasteiger partial charge in [-0.15, -0.1) is 0 Å². The van der Waals surface area contributed by atoms with E-state index in [1.165, 1.54) is 115 Å². The number of carbonyl (C=O) groups excluding carboxylic acids is 1. The van der Waals surface area contributed by atoms with Gasteiger partial charge in [0.2, 0.25) is 0 Å². The summed E-state index contributed by atoms with van der Waals surface area (Å²) in [6.45, 7) is 4.55. The van der Waals surface area contributed by atoms with Crippen LogP contribution in [0.5, 0.6) is 0 Å². The second kappa shape index (κ2) is 23.5. The summed E-state index contributed by atoms with van der Waals surface area (Å²) in [6, 6.07) is 1.12. The first-order valence-corrected chi connectivity index (χ1v) is 16.0. The highest BCUT2D eigenvalue weighted by Crippen LogP contribution is 2.18. The standard InChI is InChI=1S/C27H54O4Si/c1-5-24-27(28)31-25-22-20-18-16-14-12-10-8-6-7-9-11-13-15-17-19-21-23-26-32(4,29-2)30-3/h5,24H,6-23,25-26H2,1-4H3. The van der Waals surface area contributed by atoms with Gasteiger partial charge in [0, 0.05) is 20.3 Å². The summed E-state index contributed by atoms with van der Waals surface area (Å²) >= 11 is 0. The molecule has 0 aromatic rings. The number of rotatable bonds is 24. The molecule has 0 saturated carbocycles. The lowest BCUT2D eigenvalue weighted by atomic mass is 10.0. The Kier molecular flexibility index (Phi) is 23.0. The molecule has 0 spiro atoms. The third-order valence-electron chi connectivity index (χ3n) is 6.44. The van der Waals surface area contributed by atoms with Crippen molar-refractivity contribution < 1.29 is 18.4 Å². The lowest BCUT2D eigenvalue weighted by Gasteiger charge is -2.22. The molecule has 0 bridgehead atoms. The van der Waals surface area contributed by atoms with Crippen LogP contribution in [0, 0.1) is 0 Å². The highest BCUT2D eigenvalue weighted by molar-refractivity contribution is 6.65. The second-order valence-electron chi connectivity index (χ2n) is 9.32. The maximum Gasteiger partial charge on any atom is 0.334 e. The highest BCUT2D eigenvalue weighted by Gasteiger charge is 2.27. The molecule has 0 amide bonds. The lowest BCUT2D eigenvalue weighted by Crippen LogP contribution is -2.35. The molecule has 0 aliphatic rings. The fourth-order valence-corrected chi connectivity index (χ4v) is 5.49. The van der Waals surface area contributed by atoms with Crippen LogP contribution in [0.2, 0.25) is 12.6 Å². The minimum absolute atomic E-state index is 0.214. The molecule has 0 atom stereocenters. The Bertz CT molecular complexity index is 435. The fourth-order valence-electron chi connectivity index (χ4n) is 4.02. The molecule has 0 N–H and O–H groups in total. The Balaban J connectivity index is 3.16. The summed E-state index contributed by atoms with van der Waals surface area (Å²) in [6.07, 6.45) is 27.3. The van der Waals surface area contributed by atoms with E-state index in [0.717, 1.165) is 12.5 Å². The van der Waals surface area contributed by atoms with E-state index >= 15 is 0 Å². The van der Waals surface area contributed by atoms with E-state index in [1.807, 2.05) is 6.92 Å². The molecule has 32 heavy (non-hydrogen) atoms. The topological polar surface area (TPSA) is 44.8 Å². The molecule has 0 fully saturated rings. The fraction of sp³-hybridized carbons (Fsp3) is 0.889. The van der Waals surface area contributed by atoms with Crippen molar-refractivity contribution in [2.24, 2.45) is 0 Å². The minimum atomic E-state index is -1.83. The lowest BCUT2D eigenvalue weighted by molar-refractivity contribution is -0.137. The van der Waals surface area contributed by atoms with Crippen LogP contribution in [-0.4, -0.2) is 35.4 Å². The Morgan fingerprint density at radius 1 is 0.625 bits per heavy atom. The molecule has 0 heterocycles. The van der Waals surface area contributed by atoms with Crippen molar-refractivity contribution in [1.29, 1.82) is 0 Å². The third-order valence-corrected chi connectivity index (χ3v) is 9.42. The molecular weight excluding hydrogens is 416 g/mol. The molecule has 4 nitrogen and oxygen atoms in total. The first-order chi connectivity index (χ1) is 15.6. The monoisotopic (exact) mass is 470 g/mol. The van der Waals surface area contributed by atoms with Gasteiger partial charge in [-0.3, -0.25) is 0 Å². The summed E-state index contributed by atoms with van der Waals surface area (Å²) in [7, 11) is 1.74. The predicted molar refractivity (Wildman–Crippen MR) is 139 cm³/mol. The van der Waals surface area contributed by atoms with Crippen LogP contribution in [0.1, 0.15) is 122 Å². The van der Waals surface area contributed by atoms with E-state index in [4.69, 9.17) is 13.6 Å². The molecule has 0 unspecified atom stereocenters. The van der Waals surface area contributed by atoms with Crippen molar-refractivity contribution in [2.75, 3.05) is 20.8 Å². The molecule has 0 aliphatic carbocycles. The zero-order valence-electron chi connectivity index (χ0n) is 21.9. The number of carbonyl (C=O) groups is 1. The molecule has 5 heteroatoms. The average Bonchev–Trinajstić information content (AvgIpc) is 2.80. The normalized spacial score (nSPS) is 12.0. The Labute approximate surface area is 201 Å². The number of hydrogen-bond donors (Lipinski definition) is 0. The quantitative estimate of drug-likeness (QED) is 0.0614. The maximum absolute atomic E-state index is 11.2. The van der Waals surface area contributed by atoms with Crippen LogP contribution in [0.15, 0.2) is 12.2 Å². The smallest absolute Gasteiger partial charge is 0.334 e. The molecule has 190 valence electrons. The van der Waals surface area contributed by atoms with Crippen LogP contribution in [0.25, 0.3) is 0 Å². The summed E-state index contributed by atoms with van der Waals surface area (Å²) in [5, 5.41) is 0. The number of ether oxygens (including phenoxy) is 1. The predicted octanol–water partition coefficient (Wildman–Crippen LogP) is 8.49. The van der Waals surface area contributed by atoms with Gasteiger partial charge < -0.3 is 13.6 Å². The van der Waals surface area contributed by atoms with Crippen molar-refractivity contribution in [3.63, 3.8) is 0 Å². The number of unbranched alkanes of at least 4 members (excludes halogenated alkanes) is 17. The van der Waals surface area contributed by atoms with Gasteiger partial charge in [0.25, 0.3) is 0 Å². The van der Waals surface area contributed by atoms with Gasteiger partial charge in [0.15, 0.2) is 0 Å². The molecular formula is C27H54O4Si. The van der Waals surface area contributed by atoms with E-state index in [-0.39, 0.29) is 5.97 Å². The summed E-state index contributed by atoms with van der Waals surface area (Å²) < 4.78 is 16.2. The van der Waals surface area contributed by atoms with Crippen molar-refractivity contribution in [3.8, 4) is 0 Å². The van der Waals surface area contributed by atoms with E-state index in [9.17, 15) is 4.79 Å². The van der Waals surface area contributed by atoms with Crippen LogP contribution in [0.4, 0.5) is 0 Å². The van der Waals surface area contributed by atoms with Gasteiger partial charge in [-0.05, 0) is 25.9 Å². The Morgan fingerprint density at radius 2 is 0.969 bits per heavy atom. The second-order valence-corrected chi connectivity index (χ2v) is 12.9. The Morgan fingerprint density at radius 3 is 1.31 bits per heavy atom. The summed E-state index contributed by atoms with van der Waals surface area (Å²) in [5.41, 5.74) is 0. The first kappa shape index (κ1) is 31.3. The van der Waals surface area contributed by atoms with Gasteiger partial charge in [0.1, 0.15) is 0 Å². The van der Waals surface area contributed by atoms with Crippen LogP contribution in [0.3, 0.4) is 0 Å².